The fourth-order valence-electron chi connectivity index (χ4n) is 3.33. The molecule has 1 N–H and O–H groups in total. The molecule has 1 saturated heterocycles. The SMILES string of the molecule is CC(C)(C)OC(=O)N1C[C@@H]2c3cccc(C(F)(F)F)c3NC(=O)[C@@H]2C1. The molecule has 2 aliphatic rings. The Morgan fingerprint density at radius 2 is 1.84 bits per heavy atom. The second-order valence-electron chi connectivity index (χ2n) is 7.36. The second kappa shape index (κ2) is 5.64. The Labute approximate surface area is 143 Å². The van der Waals surface area contributed by atoms with E-state index in [2.05, 4.69) is 5.32 Å². The number of nitrogens with one attached hydrogen (secondary N) is 1. The standard InChI is InChI=1S/C17H19F3N2O3/c1-16(2,3)25-15(24)22-7-10-9-5-4-6-12(17(18,19)20)13(9)21-14(23)11(10)8-22/h4-6,10-11H,7-8H2,1-3H3,(H,21,23)/t10-,11-/m1/s1. The van der Waals surface area contributed by atoms with Crippen molar-refractivity contribution in [3.05, 3.63) is 29.3 Å². The van der Waals surface area contributed by atoms with Crippen LogP contribution in [0.5, 0.6) is 0 Å². The summed E-state index contributed by atoms with van der Waals surface area (Å²) in [5, 5.41) is 2.38. The number of likely N-dealkylation sites (tertiary alicyclic amines) is 1. The molecule has 1 fully saturated rings. The first kappa shape index (κ1) is 17.6. The molecular formula is C17H19F3N2O3. The van der Waals surface area contributed by atoms with Crippen molar-refractivity contribution < 1.29 is 27.5 Å². The van der Waals surface area contributed by atoms with Crippen LogP contribution < -0.4 is 5.32 Å². The zero-order valence-electron chi connectivity index (χ0n) is 14.1. The van der Waals surface area contributed by atoms with Gasteiger partial charge in [-0.1, -0.05) is 12.1 Å². The highest BCUT2D eigenvalue weighted by Gasteiger charge is 2.47. The molecule has 5 nitrogen and oxygen atoms in total. The average molecular weight is 356 g/mol. The van der Waals surface area contributed by atoms with Crippen molar-refractivity contribution in [3.8, 4) is 0 Å². The Bertz CT molecular complexity index is 725. The molecule has 0 unspecified atom stereocenters. The summed E-state index contributed by atoms with van der Waals surface area (Å²) < 4.78 is 44.9. The summed E-state index contributed by atoms with van der Waals surface area (Å²) in [6, 6.07) is 3.84. The number of hydrogen-bond donors (Lipinski definition) is 1. The van der Waals surface area contributed by atoms with Gasteiger partial charge < -0.3 is 15.0 Å². The molecule has 25 heavy (non-hydrogen) atoms. The van der Waals surface area contributed by atoms with Crippen molar-refractivity contribution in [2.24, 2.45) is 5.92 Å². The first-order chi connectivity index (χ1) is 11.5. The van der Waals surface area contributed by atoms with E-state index < -0.39 is 41.2 Å². The van der Waals surface area contributed by atoms with Crippen molar-refractivity contribution in [2.75, 3.05) is 18.4 Å². The maximum absolute atomic E-state index is 13.2. The highest BCUT2D eigenvalue weighted by molar-refractivity contribution is 5.98. The summed E-state index contributed by atoms with van der Waals surface area (Å²) in [6.45, 7) is 5.46. The van der Waals surface area contributed by atoms with Crippen LogP contribution in [0.25, 0.3) is 0 Å². The van der Waals surface area contributed by atoms with E-state index in [1.54, 1.807) is 26.8 Å². The number of ether oxygens (including phenoxy) is 1. The second-order valence-corrected chi connectivity index (χ2v) is 7.36. The molecule has 0 aliphatic carbocycles. The highest BCUT2D eigenvalue weighted by atomic mass is 19.4. The highest BCUT2D eigenvalue weighted by Crippen LogP contribution is 2.46. The number of hydrogen-bond acceptors (Lipinski definition) is 3. The minimum atomic E-state index is -4.56. The fraction of sp³-hybridized carbons (Fsp3) is 0.529. The Morgan fingerprint density at radius 3 is 2.44 bits per heavy atom. The lowest BCUT2D eigenvalue weighted by atomic mass is 9.83. The molecule has 0 spiro atoms. The van der Waals surface area contributed by atoms with Gasteiger partial charge in [-0.3, -0.25) is 4.79 Å². The summed E-state index contributed by atoms with van der Waals surface area (Å²) in [5.41, 5.74) is -1.35. The minimum Gasteiger partial charge on any atom is -0.444 e. The van der Waals surface area contributed by atoms with E-state index in [9.17, 15) is 22.8 Å². The van der Waals surface area contributed by atoms with Gasteiger partial charge in [-0.2, -0.15) is 13.2 Å². The maximum Gasteiger partial charge on any atom is 0.418 e. The van der Waals surface area contributed by atoms with Gasteiger partial charge in [-0.15, -0.1) is 0 Å². The molecule has 1 aromatic carbocycles. The Kier molecular flexibility index (Phi) is 3.96. The third-order valence-electron chi connectivity index (χ3n) is 4.36. The topological polar surface area (TPSA) is 58.6 Å². The van der Waals surface area contributed by atoms with E-state index in [1.807, 2.05) is 0 Å². The lowest BCUT2D eigenvalue weighted by Crippen LogP contribution is -2.36. The summed E-state index contributed by atoms with van der Waals surface area (Å²) >= 11 is 0. The molecule has 2 aliphatic heterocycles. The number of nitrogens with zero attached hydrogens (tertiary/aromatic N) is 1. The van der Waals surface area contributed by atoms with Gasteiger partial charge in [0.05, 0.1) is 17.2 Å². The molecule has 0 radical (unpaired) electrons. The molecule has 0 bridgehead atoms. The zero-order valence-corrected chi connectivity index (χ0v) is 14.1. The number of anilines is 1. The number of alkyl halides is 3. The Hall–Kier alpha value is -2.25. The average Bonchev–Trinajstić information content (AvgIpc) is 2.90. The fourth-order valence-corrected chi connectivity index (χ4v) is 3.33. The van der Waals surface area contributed by atoms with Crippen LogP contribution in [-0.2, 0) is 15.7 Å². The molecule has 136 valence electrons. The number of para-hydroxylation sites is 1. The van der Waals surface area contributed by atoms with E-state index in [0.717, 1.165) is 6.07 Å². The van der Waals surface area contributed by atoms with Crippen LogP contribution in [0.15, 0.2) is 18.2 Å². The van der Waals surface area contributed by atoms with Crippen LogP contribution in [0.3, 0.4) is 0 Å². The number of halogens is 3. The van der Waals surface area contributed by atoms with Crippen LogP contribution in [0.2, 0.25) is 0 Å². The van der Waals surface area contributed by atoms with E-state index in [-0.39, 0.29) is 18.8 Å². The maximum atomic E-state index is 13.2. The van der Waals surface area contributed by atoms with Crippen LogP contribution in [-0.4, -0.2) is 35.6 Å². The minimum absolute atomic E-state index is 0.126. The van der Waals surface area contributed by atoms with Crippen LogP contribution in [0, 0.1) is 5.92 Å². The van der Waals surface area contributed by atoms with Crippen molar-refractivity contribution in [2.45, 2.75) is 38.5 Å². The molecule has 8 heteroatoms. The van der Waals surface area contributed by atoms with Crippen LogP contribution >= 0.6 is 0 Å². The van der Waals surface area contributed by atoms with Gasteiger partial charge >= 0.3 is 12.3 Å². The summed E-state index contributed by atoms with van der Waals surface area (Å²) in [7, 11) is 0. The monoisotopic (exact) mass is 356 g/mol. The Morgan fingerprint density at radius 1 is 1.20 bits per heavy atom. The van der Waals surface area contributed by atoms with Crippen molar-refractivity contribution in [1.82, 2.24) is 4.90 Å². The van der Waals surface area contributed by atoms with Crippen molar-refractivity contribution >= 4 is 17.7 Å². The molecule has 1 aromatic rings. The molecule has 2 amide bonds. The Balaban J connectivity index is 1.92. The predicted molar refractivity (Wildman–Crippen MR) is 84.1 cm³/mol. The lowest BCUT2D eigenvalue weighted by Gasteiger charge is -2.29. The molecule has 2 heterocycles. The number of benzene rings is 1. The molecular weight excluding hydrogens is 337 g/mol. The largest absolute Gasteiger partial charge is 0.444 e. The number of carbonyl (C=O) groups is 2. The normalized spacial score (nSPS) is 23.0. The summed E-state index contributed by atoms with van der Waals surface area (Å²) in [6.07, 6.45) is -5.13. The molecule has 2 atom stereocenters. The number of carbonyl (C=O) groups excluding carboxylic acids is 2. The van der Waals surface area contributed by atoms with Gasteiger partial charge in [0, 0.05) is 19.0 Å². The van der Waals surface area contributed by atoms with Crippen LogP contribution in [0.4, 0.5) is 23.7 Å². The van der Waals surface area contributed by atoms with Gasteiger partial charge in [0.25, 0.3) is 0 Å². The third-order valence-corrected chi connectivity index (χ3v) is 4.36. The zero-order chi connectivity index (χ0) is 18.6. The quantitative estimate of drug-likeness (QED) is 0.773. The number of rotatable bonds is 0. The van der Waals surface area contributed by atoms with Crippen molar-refractivity contribution in [3.63, 3.8) is 0 Å². The van der Waals surface area contributed by atoms with Crippen molar-refractivity contribution in [1.29, 1.82) is 0 Å². The van der Waals surface area contributed by atoms with Gasteiger partial charge in [-0.05, 0) is 32.4 Å². The third kappa shape index (κ3) is 3.29. The first-order valence-corrected chi connectivity index (χ1v) is 7.96. The van der Waals surface area contributed by atoms with E-state index in [4.69, 9.17) is 4.74 Å². The molecule has 0 aromatic heterocycles. The first-order valence-electron chi connectivity index (χ1n) is 7.96. The smallest absolute Gasteiger partial charge is 0.418 e. The number of fused-ring (bicyclic) bond motifs is 3. The lowest BCUT2D eigenvalue weighted by molar-refractivity contribution is -0.137. The van der Waals surface area contributed by atoms with Crippen LogP contribution in [0.1, 0.15) is 37.8 Å². The predicted octanol–water partition coefficient (Wildman–Crippen LogP) is 3.61. The summed E-state index contributed by atoms with van der Waals surface area (Å²) in [5.74, 6) is -1.55. The molecule has 3 rings (SSSR count). The van der Waals surface area contributed by atoms with Gasteiger partial charge in [0.15, 0.2) is 0 Å². The number of amides is 2. The van der Waals surface area contributed by atoms with Gasteiger partial charge in [0.1, 0.15) is 5.60 Å². The van der Waals surface area contributed by atoms with E-state index >= 15 is 0 Å². The summed E-state index contributed by atoms with van der Waals surface area (Å²) in [4.78, 5) is 25.9. The van der Waals surface area contributed by atoms with Gasteiger partial charge in [0.2, 0.25) is 5.91 Å². The van der Waals surface area contributed by atoms with E-state index in [0.29, 0.717) is 5.56 Å². The van der Waals surface area contributed by atoms with E-state index in [1.165, 1.54) is 11.0 Å². The van der Waals surface area contributed by atoms with Gasteiger partial charge in [-0.25, -0.2) is 4.79 Å². The molecule has 0 saturated carbocycles.